The zero-order valence-electron chi connectivity index (χ0n) is 16.0. The Hall–Kier alpha value is -3.11. The van der Waals surface area contributed by atoms with Gasteiger partial charge in [-0.2, -0.15) is 0 Å². The predicted octanol–water partition coefficient (Wildman–Crippen LogP) is 4.18. The largest absolute Gasteiger partial charge is 0.343 e. The van der Waals surface area contributed by atoms with E-state index in [0.29, 0.717) is 12.8 Å². The van der Waals surface area contributed by atoms with E-state index < -0.39 is 6.04 Å². The third-order valence-electron chi connectivity index (χ3n) is 4.57. The minimum absolute atomic E-state index is 0.191. The van der Waals surface area contributed by atoms with Crippen LogP contribution in [0.25, 0.3) is 0 Å². The summed E-state index contributed by atoms with van der Waals surface area (Å²) in [5.41, 5.74) is 3.86. The Labute approximate surface area is 175 Å². The first-order chi connectivity index (χ1) is 14.2. The number of para-hydroxylation sites is 1. The fraction of sp³-hybridized carbons (Fsp3) is 0.167. The third-order valence-corrected chi connectivity index (χ3v) is 4.81. The lowest BCUT2D eigenvalue weighted by atomic mass is 10.0. The van der Waals surface area contributed by atoms with Gasteiger partial charge in [-0.3, -0.25) is 9.59 Å². The highest BCUT2D eigenvalue weighted by molar-refractivity contribution is 6.27. The molecule has 0 unspecified atom stereocenters. The highest BCUT2D eigenvalue weighted by Crippen LogP contribution is 2.19. The van der Waals surface area contributed by atoms with Crippen LogP contribution < -0.4 is 10.6 Å². The molecule has 0 spiro atoms. The highest BCUT2D eigenvalue weighted by Gasteiger charge is 2.22. The fourth-order valence-corrected chi connectivity index (χ4v) is 3.20. The summed E-state index contributed by atoms with van der Waals surface area (Å²) in [5.74, 6) is -0.837. The van der Waals surface area contributed by atoms with Gasteiger partial charge >= 0.3 is 0 Å². The average molecular weight is 407 g/mol. The number of hydrogen-bond donors (Lipinski definition) is 2. The van der Waals surface area contributed by atoms with E-state index in [-0.39, 0.29) is 17.7 Å². The number of carbonyl (C=O) groups is 2. The lowest BCUT2D eigenvalue weighted by Crippen LogP contribution is -2.45. The molecule has 3 rings (SSSR count). The van der Waals surface area contributed by atoms with E-state index in [2.05, 4.69) is 22.8 Å². The van der Waals surface area contributed by atoms with Crippen LogP contribution in [0.5, 0.6) is 0 Å². The van der Waals surface area contributed by atoms with Gasteiger partial charge in [0.15, 0.2) is 0 Å². The summed E-state index contributed by atoms with van der Waals surface area (Å²) in [5, 5.41) is 5.71. The quantitative estimate of drug-likeness (QED) is 0.551. The van der Waals surface area contributed by atoms with Crippen molar-refractivity contribution in [1.82, 2.24) is 5.32 Å². The highest BCUT2D eigenvalue weighted by atomic mass is 35.5. The first kappa shape index (κ1) is 20.6. The first-order valence-corrected chi connectivity index (χ1v) is 10.0. The van der Waals surface area contributed by atoms with Crippen LogP contribution >= 0.6 is 11.6 Å². The van der Waals surface area contributed by atoms with Gasteiger partial charge in [0.05, 0.1) is 0 Å². The summed E-state index contributed by atoms with van der Waals surface area (Å²) in [7, 11) is 0. The maximum absolute atomic E-state index is 13.0. The van der Waals surface area contributed by atoms with Crippen LogP contribution in [0.4, 0.5) is 5.69 Å². The topological polar surface area (TPSA) is 58.2 Å². The molecule has 0 aromatic heterocycles. The maximum atomic E-state index is 13.0. The lowest BCUT2D eigenvalue weighted by Gasteiger charge is -2.19. The van der Waals surface area contributed by atoms with E-state index in [1.807, 2.05) is 72.8 Å². The predicted molar refractivity (Wildman–Crippen MR) is 117 cm³/mol. The number of nitrogens with one attached hydrogen (secondary N) is 2. The molecular weight excluding hydrogens is 384 g/mol. The van der Waals surface area contributed by atoms with Gasteiger partial charge < -0.3 is 10.6 Å². The molecule has 0 bridgehead atoms. The van der Waals surface area contributed by atoms with Crippen molar-refractivity contribution in [3.05, 3.63) is 102 Å². The number of carbonyl (C=O) groups excluding carboxylic acids is 2. The maximum Gasteiger partial charge on any atom is 0.247 e. The summed E-state index contributed by atoms with van der Waals surface area (Å²) in [4.78, 5) is 24.9. The third kappa shape index (κ3) is 6.19. The summed E-state index contributed by atoms with van der Waals surface area (Å²) >= 11 is 5.64. The Balaban J connectivity index is 1.77. The molecule has 3 aromatic rings. The number of anilines is 1. The molecule has 0 radical (unpaired) electrons. The van der Waals surface area contributed by atoms with E-state index in [1.54, 1.807) is 0 Å². The summed E-state index contributed by atoms with van der Waals surface area (Å²) in [6, 6.07) is 26.6. The number of hydrogen-bond acceptors (Lipinski definition) is 2. The van der Waals surface area contributed by atoms with Crippen molar-refractivity contribution in [2.24, 2.45) is 0 Å². The lowest BCUT2D eigenvalue weighted by molar-refractivity contribution is -0.125. The molecule has 0 saturated carbocycles. The Morgan fingerprint density at radius 2 is 1.38 bits per heavy atom. The van der Waals surface area contributed by atoms with Gasteiger partial charge in [0, 0.05) is 12.1 Å². The van der Waals surface area contributed by atoms with Crippen LogP contribution in [0.2, 0.25) is 0 Å². The molecular formula is C24H23ClN2O2. The SMILES string of the molecule is O=C(CCl)N[C@H](Cc1ccccc1)C(=O)Nc1ccccc1Cc1ccccc1. The van der Waals surface area contributed by atoms with Gasteiger partial charge in [0.1, 0.15) is 11.9 Å². The molecule has 0 aliphatic carbocycles. The molecule has 5 heteroatoms. The van der Waals surface area contributed by atoms with E-state index in [9.17, 15) is 9.59 Å². The van der Waals surface area contributed by atoms with E-state index in [4.69, 9.17) is 11.6 Å². The van der Waals surface area contributed by atoms with Crippen molar-refractivity contribution in [1.29, 1.82) is 0 Å². The van der Waals surface area contributed by atoms with Crippen LogP contribution in [0.3, 0.4) is 0 Å². The van der Waals surface area contributed by atoms with Gasteiger partial charge in [0.25, 0.3) is 0 Å². The normalized spacial score (nSPS) is 11.5. The summed E-state index contributed by atoms with van der Waals surface area (Å²) < 4.78 is 0. The average Bonchev–Trinajstić information content (AvgIpc) is 2.76. The van der Waals surface area contributed by atoms with Crippen LogP contribution in [-0.2, 0) is 22.4 Å². The van der Waals surface area contributed by atoms with E-state index in [1.165, 1.54) is 0 Å². The Bertz CT molecular complexity index is 945. The van der Waals surface area contributed by atoms with Crippen molar-refractivity contribution in [2.75, 3.05) is 11.2 Å². The van der Waals surface area contributed by atoms with Gasteiger partial charge in [-0.1, -0.05) is 78.9 Å². The van der Waals surface area contributed by atoms with Crippen LogP contribution in [0.15, 0.2) is 84.9 Å². The molecule has 0 saturated heterocycles. The summed E-state index contributed by atoms with van der Waals surface area (Å²) in [6.07, 6.45) is 1.09. The molecule has 4 nitrogen and oxygen atoms in total. The fourth-order valence-electron chi connectivity index (χ4n) is 3.12. The second-order valence-corrected chi connectivity index (χ2v) is 7.02. The number of benzene rings is 3. The molecule has 148 valence electrons. The van der Waals surface area contributed by atoms with Crippen molar-refractivity contribution < 1.29 is 9.59 Å². The van der Waals surface area contributed by atoms with Crippen molar-refractivity contribution in [2.45, 2.75) is 18.9 Å². The Morgan fingerprint density at radius 3 is 2.03 bits per heavy atom. The monoisotopic (exact) mass is 406 g/mol. The number of alkyl halides is 1. The molecule has 2 amide bonds. The van der Waals surface area contributed by atoms with Crippen molar-refractivity contribution >= 4 is 29.1 Å². The van der Waals surface area contributed by atoms with Gasteiger partial charge in [-0.05, 0) is 29.2 Å². The van der Waals surface area contributed by atoms with Crippen molar-refractivity contribution in [3.63, 3.8) is 0 Å². The Kier molecular flexibility index (Phi) is 7.42. The van der Waals surface area contributed by atoms with Gasteiger partial charge in [-0.15, -0.1) is 11.6 Å². The van der Waals surface area contributed by atoms with Crippen LogP contribution in [0, 0.1) is 0 Å². The van der Waals surface area contributed by atoms with Gasteiger partial charge in [0.2, 0.25) is 11.8 Å². The van der Waals surface area contributed by atoms with Crippen LogP contribution in [-0.4, -0.2) is 23.7 Å². The van der Waals surface area contributed by atoms with Gasteiger partial charge in [-0.25, -0.2) is 0 Å². The first-order valence-electron chi connectivity index (χ1n) is 9.47. The zero-order chi connectivity index (χ0) is 20.5. The number of amides is 2. The molecule has 0 aliphatic rings. The number of rotatable bonds is 8. The van der Waals surface area contributed by atoms with Crippen molar-refractivity contribution in [3.8, 4) is 0 Å². The van der Waals surface area contributed by atoms with E-state index >= 15 is 0 Å². The molecule has 1 atom stereocenters. The summed E-state index contributed by atoms with van der Waals surface area (Å²) in [6.45, 7) is 0. The minimum Gasteiger partial charge on any atom is -0.343 e. The molecule has 3 aromatic carbocycles. The second-order valence-electron chi connectivity index (χ2n) is 6.75. The minimum atomic E-state index is -0.714. The Morgan fingerprint density at radius 1 is 0.793 bits per heavy atom. The molecule has 0 aliphatic heterocycles. The zero-order valence-corrected chi connectivity index (χ0v) is 16.7. The smallest absolute Gasteiger partial charge is 0.247 e. The molecule has 2 N–H and O–H groups in total. The molecule has 29 heavy (non-hydrogen) atoms. The second kappa shape index (κ2) is 10.4. The number of halogens is 1. The molecule has 0 heterocycles. The van der Waals surface area contributed by atoms with Crippen LogP contribution in [0.1, 0.15) is 16.7 Å². The standard InChI is InChI=1S/C24H23ClN2O2/c25-17-23(28)26-22(16-19-11-5-2-6-12-19)24(29)27-21-14-8-7-13-20(21)15-18-9-3-1-4-10-18/h1-14,22H,15-17H2,(H,26,28)(H,27,29)/t22-/m1/s1. The van der Waals surface area contributed by atoms with E-state index in [0.717, 1.165) is 22.4 Å². The molecule has 0 fully saturated rings.